The van der Waals surface area contributed by atoms with Crippen LogP contribution in [-0.2, 0) is 6.61 Å². The minimum Gasteiger partial charge on any atom is -0.488 e. The maximum Gasteiger partial charge on any atom is 0.339 e. The summed E-state index contributed by atoms with van der Waals surface area (Å²) >= 11 is 2.00. The number of halogens is 2. The number of carboxylic acid groups (broad SMARTS) is 1. The second-order valence-corrected chi connectivity index (χ2v) is 5.39. The first-order valence-corrected chi connectivity index (χ1v) is 6.93. The molecule has 2 aromatic rings. The van der Waals surface area contributed by atoms with Gasteiger partial charge in [-0.3, -0.25) is 0 Å². The minimum atomic E-state index is -1.11. The smallest absolute Gasteiger partial charge is 0.339 e. The summed E-state index contributed by atoms with van der Waals surface area (Å²) in [5.41, 5.74) is 0.683. The monoisotopic (exact) mass is 397 g/mol. The number of rotatable bonds is 4. The van der Waals surface area contributed by atoms with Gasteiger partial charge in [-0.05, 0) is 59.0 Å². The average molecular weight is 397 g/mol. The van der Waals surface area contributed by atoms with Crippen LogP contribution in [0.25, 0.3) is 0 Å². The van der Waals surface area contributed by atoms with Crippen LogP contribution in [0.4, 0.5) is 4.39 Å². The molecule has 0 fully saturated rings. The molecule has 106 valence electrons. The van der Waals surface area contributed by atoms with E-state index in [1.807, 2.05) is 28.7 Å². The van der Waals surface area contributed by atoms with Gasteiger partial charge < -0.3 is 9.84 Å². The van der Waals surface area contributed by atoms with Crippen molar-refractivity contribution in [2.75, 3.05) is 0 Å². The SMILES string of the molecule is N#Cc1ccc(F)cc1COc1ccc(I)cc1C(=O)O. The molecule has 1 N–H and O–H groups in total. The summed E-state index contributed by atoms with van der Waals surface area (Å²) in [6, 6.07) is 10.4. The van der Waals surface area contributed by atoms with Crippen molar-refractivity contribution in [3.8, 4) is 11.8 Å². The molecule has 0 bridgehead atoms. The van der Waals surface area contributed by atoms with E-state index < -0.39 is 11.8 Å². The molecule has 0 aliphatic heterocycles. The van der Waals surface area contributed by atoms with Crippen molar-refractivity contribution < 1.29 is 19.0 Å². The number of aromatic carboxylic acids is 1. The van der Waals surface area contributed by atoms with Crippen molar-refractivity contribution in [3.05, 3.63) is 62.5 Å². The fourth-order valence-electron chi connectivity index (χ4n) is 1.74. The summed E-state index contributed by atoms with van der Waals surface area (Å²) in [6.07, 6.45) is 0. The third-order valence-corrected chi connectivity index (χ3v) is 3.41. The zero-order valence-corrected chi connectivity index (χ0v) is 12.8. The molecular formula is C15H9FINO3. The van der Waals surface area contributed by atoms with Gasteiger partial charge in [0.05, 0.1) is 11.6 Å². The summed E-state index contributed by atoms with van der Waals surface area (Å²) in [7, 11) is 0. The predicted octanol–water partition coefficient (Wildman–Crippen LogP) is 3.58. The second-order valence-electron chi connectivity index (χ2n) is 4.15. The molecule has 0 radical (unpaired) electrons. The highest BCUT2D eigenvalue weighted by Crippen LogP contribution is 2.23. The van der Waals surface area contributed by atoms with E-state index in [9.17, 15) is 9.18 Å². The summed E-state index contributed by atoms with van der Waals surface area (Å²) in [5, 5.41) is 18.1. The summed E-state index contributed by atoms with van der Waals surface area (Å²) < 4.78 is 19.4. The van der Waals surface area contributed by atoms with Crippen molar-refractivity contribution in [2.45, 2.75) is 6.61 Å². The van der Waals surface area contributed by atoms with Gasteiger partial charge in [-0.15, -0.1) is 0 Å². The number of nitriles is 1. The van der Waals surface area contributed by atoms with Crippen LogP contribution in [0.5, 0.6) is 5.75 Å². The Hall–Kier alpha value is -2.14. The van der Waals surface area contributed by atoms with Crippen molar-refractivity contribution >= 4 is 28.6 Å². The molecule has 0 heterocycles. The molecule has 0 unspecified atom stereocenters. The highest BCUT2D eigenvalue weighted by Gasteiger charge is 2.13. The summed E-state index contributed by atoms with van der Waals surface area (Å²) in [4.78, 5) is 11.2. The molecule has 0 spiro atoms. The Bertz CT molecular complexity index is 740. The first-order chi connectivity index (χ1) is 10.0. The van der Waals surface area contributed by atoms with Crippen molar-refractivity contribution in [2.24, 2.45) is 0 Å². The van der Waals surface area contributed by atoms with Gasteiger partial charge in [-0.2, -0.15) is 5.26 Å². The van der Waals surface area contributed by atoms with E-state index in [1.165, 1.54) is 30.3 Å². The molecule has 0 saturated carbocycles. The van der Waals surface area contributed by atoms with Crippen LogP contribution in [0.3, 0.4) is 0 Å². The molecular weight excluding hydrogens is 388 g/mol. The van der Waals surface area contributed by atoms with Crippen molar-refractivity contribution in [1.82, 2.24) is 0 Å². The van der Waals surface area contributed by atoms with Crippen molar-refractivity contribution in [3.63, 3.8) is 0 Å². The van der Waals surface area contributed by atoms with Crippen LogP contribution in [0.15, 0.2) is 36.4 Å². The largest absolute Gasteiger partial charge is 0.488 e. The van der Waals surface area contributed by atoms with E-state index in [2.05, 4.69) is 0 Å². The minimum absolute atomic E-state index is 0.0248. The van der Waals surface area contributed by atoms with Gasteiger partial charge in [0.2, 0.25) is 0 Å². The van der Waals surface area contributed by atoms with Gasteiger partial charge in [0.15, 0.2) is 0 Å². The highest BCUT2D eigenvalue weighted by molar-refractivity contribution is 14.1. The quantitative estimate of drug-likeness (QED) is 0.801. The zero-order chi connectivity index (χ0) is 15.4. The van der Waals surface area contributed by atoms with E-state index in [0.29, 0.717) is 11.1 Å². The molecule has 0 aliphatic carbocycles. The fourth-order valence-corrected chi connectivity index (χ4v) is 2.23. The fraction of sp³-hybridized carbons (Fsp3) is 0.0667. The van der Waals surface area contributed by atoms with E-state index in [1.54, 1.807) is 6.07 Å². The molecule has 2 rings (SSSR count). The topological polar surface area (TPSA) is 70.3 Å². The Labute approximate surface area is 133 Å². The van der Waals surface area contributed by atoms with Crippen LogP contribution in [0.2, 0.25) is 0 Å². The highest BCUT2D eigenvalue weighted by atomic mass is 127. The van der Waals surface area contributed by atoms with Crippen LogP contribution < -0.4 is 4.74 Å². The maximum atomic E-state index is 13.2. The maximum absolute atomic E-state index is 13.2. The van der Waals surface area contributed by atoms with Gasteiger partial charge in [-0.25, -0.2) is 9.18 Å². The first-order valence-electron chi connectivity index (χ1n) is 5.85. The average Bonchev–Trinajstić information content (AvgIpc) is 2.46. The predicted molar refractivity (Wildman–Crippen MR) is 81.6 cm³/mol. The lowest BCUT2D eigenvalue weighted by molar-refractivity contribution is 0.0691. The van der Waals surface area contributed by atoms with Crippen LogP contribution >= 0.6 is 22.6 Å². The number of benzene rings is 2. The normalized spacial score (nSPS) is 9.95. The van der Waals surface area contributed by atoms with Gasteiger partial charge >= 0.3 is 5.97 Å². The second kappa shape index (κ2) is 6.54. The molecule has 2 aromatic carbocycles. The number of hydrogen-bond donors (Lipinski definition) is 1. The molecule has 0 atom stereocenters. The molecule has 0 aliphatic rings. The summed E-state index contributed by atoms with van der Waals surface area (Å²) in [5.74, 6) is -1.41. The van der Waals surface area contributed by atoms with Crippen LogP contribution in [0, 0.1) is 20.7 Å². The van der Waals surface area contributed by atoms with E-state index in [4.69, 9.17) is 15.1 Å². The number of hydrogen-bond acceptors (Lipinski definition) is 3. The Kier molecular flexibility index (Phi) is 4.75. The third-order valence-electron chi connectivity index (χ3n) is 2.74. The van der Waals surface area contributed by atoms with Gasteiger partial charge in [0.25, 0.3) is 0 Å². The third kappa shape index (κ3) is 3.70. The molecule has 0 amide bonds. The molecule has 0 aromatic heterocycles. The first kappa shape index (κ1) is 15.3. The summed E-state index contributed by atoms with van der Waals surface area (Å²) in [6.45, 7) is -0.0818. The van der Waals surface area contributed by atoms with Gasteiger partial charge in [0, 0.05) is 9.13 Å². The number of ether oxygens (including phenoxy) is 1. The Morgan fingerprint density at radius 3 is 2.76 bits per heavy atom. The number of nitrogens with zero attached hydrogens (tertiary/aromatic N) is 1. The van der Waals surface area contributed by atoms with Crippen molar-refractivity contribution in [1.29, 1.82) is 5.26 Å². The molecule has 4 nitrogen and oxygen atoms in total. The Morgan fingerprint density at radius 2 is 2.10 bits per heavy atom. The Morgan fingerprint density at radius 1 is 1.33 bits per heavy atom. The molecule has 6 heteroatoms. The van der Waals surface area contributed by atoms with Gasteiger partial charge in [-0.1, -0.05) is 0 Å². The van der Waals surface area contributed by atoms with Crippen LogP contribution in [0.1, 0.15) is 21.5 Å². The Balaban J connectivity index is 2.27. The lowest BCUT2D eigenvalue weighted by atomic mass is 10.1. The number of carboxylic acids is 1. The zero-order valence-electron chi connectivity index (χ0n) is 10.6. The van der Waals surface area contributed by atoms with Crippen LogP contribution in [-0.4, -0.2) is 11.1 Å². The molecule has 0 saturated heterocycles. The standard InChI is InChI=1S/C15H9FINO3/c16-11-2-1-9(7-18)10(5-11)8-21-14-4-3-12(17)6-13(14)15(19)20/h1-6H,8H2,(H,19,20). The van der Waals surface area contributed by atoms with E-state index in [-0.39, 0.29) is 17.9 Å². The lowest BCUT2D eigenvalue weighted by Gasteiger charge is -2.10. The van der Waals surface area contributed by atoms with E-state index in [0.717, 1.165) is 3.57 Å². The molecule has 21 heavy (non-hydrogen) atoms. The number of carbonyl (C=O) groups is 1. The lowest BCUT2D eigenvalue weighted by Crippen LogP contribution is -2.05. The van der Waals surface area contributed by atoms with E-state index >= 15 is 0 Å². The van der Waals surface area contributed by atoms with Gasteiger partial charge in [0.1, 0.15) is 23.7 Å².